The number of amides is 1. The maximum Gasteiger partial charge on any atom is 0.224 e. The van der Waals surface area contributed by atoms with Gasteiger partial charge in [-0.2, -0.15) is 0 Å². The van der Waals surface area contributed by atoms with E-state index in [0.29, 0.717) is 6.42 Å². The predicted molar refractivity (Wildman–Crippen MR) is 124 cm³/mol. The van der Waals surface area contributed by atoms with Crippen LogP contribution < -0.4 is 5.32 Å². The van der Waals surface area contributed by atoms with Crippen molar-refractivity contribution in [2.75, 3.05) is 5.32 Å². The van der Waals surface area contributed by atoms with Crippen molar-refractivity contribution in [1.82, 2.24) is 9.97 Å². The highest BCUT2D eigenvalue weighted by Gasteiger charge is 2.15. The van der Waals surface area contributed by atoms with Gasteiger partial charge < -0.3 is 10.3 Å². The number of hydrogen-bond acceptors (Lipinski definition) is 2. The summed E-state index contributed by atoms with van der Waals surface area (Å²) in [6, 6.07) is 18.4. The molecule has 2 aromatic carbocycles. The van der Waals surface area contributed by atoms with Gasteiger partial charge in [-0.05, 0) is 80.6 Å². The zero-order valence-corrected chi connectivity index (χ0v) is 17.8. The summed E-state index contributed by atoms with van der Waals surface area (Å²) < 4.78 is 0. The molecule has 2 heterocycles. The number of H-pyrrole nitrogens is 1. The molecule has 0 radical (unpaired) electrons. The first kappa shape index (κ1) is 19.9. The fraction of sp³-hybridized carbons (Fsp3) is 0.231. The van der Waals surface area contributed by atoms with Gasteiger partial charge in [0.25, 0.3) is 0 Å². The summed E-state index contributed by atoms with van der Waals surface area (Å²) in [4.78, 5) is 20.6. The van der Waals surface area contributed by atoms with Crippen molar-refractivity contribution >= 4 is 22.5 Å². The van der Waals surface area contributed by atoms with E-state index >= 15 is 0 Å². The number of hydrogen-bond donors (Lipinski definition) is 2. The van der Waals surface area contributed by atoms with Gasteiger partial charge in [-0.25, -0.2) is 0 Å². The number of carbonyl (C=O) groups is 1. The third-order valence-corrected chi connectivity index (χ3v) is 5.69. The minimum atomic E-state index is 0.0547. The maximum absolute atomic E-state index is 12.5. The van der Waals surface area contributed by atoms with Gasteiger partial charge >= 0.3 is 0 Å². The Kier molecular flexibility index (Phi) is 5.66. The summed E-state index contributed by atoms with van der Waals surface area (Å²) >= 11 is 0. The fourth-order valence-corrected chi connectivity index (χ4v) is 3.88. The van der Waals surface area contributed by atoms with E-state index in [0.717, 1.165) is 41.0 Å². The van der Waals surface area contributed by atoms with E-state index < -0.39 is 0 Å². The third-order valence-electron chi connectivity index (χ3n) is 5.69. The number of pyridine rings is 1. The molecule has 0 saturated carbocycles. The third kappa shape index (κ3) is 4.13. The zero-order chi connectivity index (χ0) is 21.1. The minimum Gasteiger partial charge on any atom is -0.353 e. The first-order valence-corrected chi connectivity index (χ1v) is 10.4. The lowest BCUT2D eigenvalue weighted by Gasteiger charge is -2.10. The van der Waals surface area contributed by atoms with Crippen LogP contribution in [0.25, 0.3) is 22.3 Å². The van der Waals surface area contributed by atoms with Gasteiger partial charge in [-0.3, -0.25) is 9.78 Å². The van der Waals surface area contributed by atoms with Crippen molar-refractivity contribution in [1.29, 1.82) is 0 Å². The van der Waals surface area contributed by atoms with Crippen LogP contribution in [0, 0.1) is 20.8 Å². The lowest BCUT2D eigenvalue weighted by atomic mass is 10.0. The molecule has 0 aliphatic carbocycles. The molecule has 0 aliphatic heterocycles. The van der Waals surface area contributed by atoms with Crippen molar-refractivity contribution < 1.29 is 4.79 Å². The topological polar surface area (TPSA) is 57.8 Å². The number of benzene rings is 2. The van der Waals surface area contributed by atoms with E-state index in [1.54, 1.807) is 0 Å². The summed E-state index contributed by atoms with van der Waals surface area (Å²) in [6.07, 6.45) is 3.88. The number of nitrogens with zero attached hydrogens (tertiary/aromatic N) is 1. The monoisotopic (exact) mass is 397 g/mol. The highest BCUT2D eigenvalue weighted by atomic mass is 16.1. The molecule has 0 bridgehead atoms. The molecule has 2 N–H and O–H groups in total. The molecule has 4 rings (SSSR count). The molecule has 2 aromatic heterocycles. The number of aromatic amines is 1. The number of rotatable bonds is 6. The van der Waals surface area contributed by atoms with Crippen LogP contribution in [-0.2, 0) is 11.2 Å². The summed E-state index contributed by atoms with van der Waals surface area (Å²) in [5, 5.41) is 4.28. The van der Waals surface area contributed by atoms with Gasteiger partial charge in [0.1, 0.15) is 0 Å². The quantitative estimate of drug-likeness (QED) is 0.412. The summed E-state index contributed by atoms with van der Waals surface area (Å²) in [5.74, 6) is 0.0547. The second kappa shape index (κ2) is 8.54. The highest BCUT2D eigenvalue weighted by molar-refractivity contribution is 5.92. The van der Waals surface area contributed by atoms with Crippen molar-refractivity contribution in [3.05, 3.63) is 83.0 Å². The number of fused-ring (bicyclic) bond motifs is 1. The average molecular weight is 398 g/mol. The van der Waals surface area contributed by atoms with Crippen LogP contribution in [-0.4, -0.2) is 15.9 Å². The van der Waals surface area contributed by atoms with E-state index in [1.165, 1.54) is 22.1 Å². The number of aromatic nitrogens is 2. The summed E-state index contributed by atoms with van der Waals surface area (Å²) in [7, 11) is 0. The summed E-state index contributed by atoms with van der Waals surface area (Å²) in [6.45, 7) is 6.20. The van der Waals surface area contributed by atoms with Gasteiger partial charge in [0, 0.05) is 29.2 Å². The van der Waals surface area contributed by atoms with Gasteiger partial charge in [0.2, 0.25) is 5.91 Å². The first-order chi connectivity index (χ1) is 14.5. The standard InChI is InChI=1S/C26H27N3O/c1-17-13-14-23-21(16-17)20(26(29-23)24-10-4-5-15-27-24)9-7-12-25(30)28-22-11-6-8-18(2)19(22)3/h4-6,8,10-11,13-16,29H,7,9,12H2,1-3H3,(H,28,30). The zero-order valence-electron chi connectivity index (χ0n) is 17.8. The Balaban J connectivity index is 1.53. The molecule has 0 atom stereocenters. The number of carbonyl (C=O) groups excluding carboxylic acids is 1. The Hall–Kier alpha value is -3.40. The second-order valence-corrected chi connectivity index (χ2v) is 7.89. The Morgan fingerprint density at radius 1 is 1.03 bits per heavy atom. The van der Waals surface area contributed by atoms with Crippen LogP contribution in [0.4, 0.5) is 5.69 Å². The van der Waals surface area contributed by atoms with E-state index in [2.05, 4.69) is 53.4 Å². The SMILES string of the molecule is Cc1ccc2[nH]c(-c3ccccn3)c(CCCC(=O)Nc3cccc(C)c3C)c2c1. The van der Waals surface area contributed by atoms with Crippen LogP contribution in [0.5, 0.6) is 0 Å². The Morgan fingerprint density at radius 2 is 1.90 bits per heavy atom. The molecule has 0 unspecified atom stereocenters. The number of nitrogens with one attached hydrogen (secondary N) is 2. The molecule has 4 aromatic rings. The predicted octanol–water partition coefficient (Wildman–Crippen LogP) is 6.12. The number of aryl methyl sites for hydroxylation is 3. The molecule has 0 aliphatic rings. The molecule has 30 heavy (non-hydrogen) atoms. The van der Waals surface area contributed by atoms with Gasteiger partial charge in [0.05, 0.1) is 11.4 Å². The van der Waals surface area contributed by atoms with E-state index in [4.69, 9.17) is 0 Å². The Labute approximate surface area is 177 Å². The van der Waals surface area contributed by atoms with Gasteiger partial charge in [0.15, 0.2) is 0 Å². The van der Waals surface area contributed by atoms with Crippen molar-refractivity contribution in [3.63, 3.8) is 0 Å². The lowest BCUT2D eigenvalue weighted by Crippen LogP contribution is -2.12. The molecule has 152 valence electrons. The fourth-order valence-electron chi connectivity index (χ4n) is 3.88. The normalized spacial score (nSPS) is 11.0. The lowest BCUT2D eigenvalue weighted by molar-refractivity contribution is -0.116. The molecule has 0 saturated heterocycles. The first-order valence-electron chi connectivity index (χ1n) is 10.4. The second-order valence-electron chi connectivity index (χ2n) is 7.89. The molecule has 4 heteroatoms. The van der Waals surface area contributed by atoms with Crippen molar-refractivity contribution in [2.24, 2.45) is 0 Å². The van der Waals surface area contributed by atoms with Crippen LogP contribution in [0.1, 0.15) is 35.1 Å². The minimum absolute atomic E-state index is 0.0547. The molecule has 1 amide bonds. The van der Waals surface area contributed by atoms with Crippen molar-refractivity contribution in [3.8, 4) is 11.4 Å². The Morgan fingerprint density at radius 3 is 2.70 bits per heavy atom. The number of anilines is 1. The molecule has 0 spiro atoms. The van der Waals surface area contributed by atoms with Crippen LogP contribution in [0.2, 0.25) is 0 Å². The van der Waals surface area contributed by atoms with E-state index in [9.17, 15) is 4.79 Å². The molecule has 4 nitrogen and oxygen atoms in total. The molecule has 0 fully saturated rings. The van der Waals surface area contributed by atoms with Gasteiger partial charge in [-0.15, -0.1) is 0 Å². The average Bonchev–Trinajstić information content (AvgIpc) is 3.10. The summed E-state index contributed by atoms with van der Waals surface area (Å²) in [5.41, 5.74) is 8.74. The molecular formula is C26H27N3O. The van der Waals surface area contributed by atoms with E-state index in [1.807, 2.05) is 43.5 Å². The van der Waals surface area contributed by atoms with E-state index in [-0.39, 0.29) is 5.91 Å². The van der Waals surface area contributed by atoms with Crippen LogP contribution in [0.15, 0.2) is 60.8 Å². The highest BCUT2D eigenvalue weighted by Crippen LogP contribution is 2.31. The Bertz CT molecular complexity index is 1190. The largest absolute Gasteiger partial charge is 0.353 e. The maximum atomic E-state index is 12.5. The van der Waals surface area contributed by atoms with Crippen molar-refractivity contribution in [2.45, 2.75) is 40.0 Å². The van der Waals surface area contributed by atoms with Crippen LogP contribution in [0.3, 0.4) is 0 Å². The van der Waals surface area contributed by atoms with Gasteiger partial charge in [-0.1, -0.05) is 29.8 Å². The molecular weight excluding hydrogens is 370 g/mol. The smallest absolute Gasteiger partial charge is 0.224 e. The van der Waals surface area contributed by atoms with Crippen LogP contribution >= 0.6 is 0 Å².